The van der Waals surface area contributed by atoms with Gasteiger partial charge in [-0.25, -0.2) is 0 Å². The summed E-state index contributed by atoms with van der Waals surface area (Å²) >= 11 is 0. The molecule has 1 amide bonds. The van der Waals surface area contributed by atoms with E-state index >= 15 is 0 Å². The van der Waals surface area contributed by atoms with Gasteiger partial charge in [0, 0.05) is 36.7 Å². The van der Waals surface area contributed by atoms with Gasteiger partial charge in [0.25, 0.3) is 5.91 Å². The molecule has 3 atom stereocenters. The normalized spacial score (nSPS) is 26.2. The van der Waals surface area contributed by atoms with Crippen LogP contribution in [-0.4, -0.2) is 47.9 Å². The third-order valence-corrected chi connectivity index (χ3v) is 8.93. The molecule has 0 N–H and O–H groups in total. The van der Waals surface area contributed by atoms with E-state index in [0.717, 1.165) is 44.0 Å². The number of benzene rings is 3. The van der Waals surface area contributed by atoms with E-state index in [2.05, 4.69) is 64.4 Å². The van der Waals surface area contributed by atoms with Gasteiger partial charge in [-0.3, -0.25) is 9.69 Å². The average Bonchev–Trinajstić information content (AvgIpc) is 3.34. The maximum atomic E-state index is 13.3. The molecule has 3 heterocycles. The Morgan fingerprint density at radius 2 is 1.51 bits per heavy atom. The van der Waals surface area contributed by atoms with E-state index < -0.39 is 0 Å². The number of carbonyl (C=O) groups excluding carboxylic acids is 1. The fourth-order valence-electron chi connectivity index (χ4n) is 6.92. The minimum absolute atomic E-state index is 0.0330. The van der Waals surface area contributed by atoms with Crippen molar-refractivity contribution in [3.63, 3.8) is 0 Å². The molecule has 2 fully saturated rings. The fraction of sp³-hybridized carbons (Fsp3) is 0.406. The number of likely N-dealkylation sites (tertiary alicyclic amines) is 1. The van der Waals surface area contributed by atoms with Crippen molar-refractivity contribution in [1.82, 2.24) is 9.80 Å². The van der Waals surface area contributed by atoms with Crippen molar-refractivity contribution in [3.8, 4) is 0 Å². The predicted molar refractivity (Wildman–Crippen MR) is 142 cm³/mol. The summed E-state index contributed by atoms with van der Waals surface area (Å²) in [4.78, 5) is 18.2. The van der Waals surface area contributed by atoms with Crippen LogP contribution in [0.3, 0.4) is 0 Å². The fourth-order valence-corrected chi connectivity index (χ4v) is 6.92. The van der Waals surface area contributed by atoms with Crippen LogP contribution in [0.1, 0.15) is 52.7 Å². The van der Waals surface area contributed by atoms with Crippen LogP contribution < -0.4 is 0 Å². The quantitative estimate of drug-likeness (QED) is 0.481. The molecule has 2 saturated heterocycles. The molecular weight excluding hydrogens is 428 g/mol. The summed E-state index contributed by atoms with van der Waals surface area (Å²) in [5.74, 6) is 0.936. The molecule has 3 nitrogen and oxygen atoms in total. The van der Waals surface area contributed by atoms with Crippen LogP contribution in [0.25, 0.3) is 0 Å². The molecule has 3 aromatic carbocycles. The highest BCUT2D eigenvalue weighted by Crippen LogP contribution is 2.40. The summed E-state index contributed by atoms with van der Waals surface area (Å²) in [6.45, 7) is 3.99. The zero-order valence-electron chi connectivity index (χ0n) is 20.6. The molecule has 0 aromatic heterocycles. The van der Waals surface area contributed by atoms with Crippen molar-refractivity contribution in [1.29, 1.82) is 0 Å². The number of hydrogen-bond donors (Lipinski definition) is 0. The number of hydrogen-bond acceptors (Lipinski definition) is 2. The van der Waals surface area contributed by atoms with Crippen molar-refractivity contribution in [2.24, 2.45) is 5.92 Å². The second kappa shape index (κ2) is 9.62. The molecule has 7 rings (SSSR count). The lowest BCUT2D eigenvalue weighted by molar-refractivity contribution is 0.0765. The molecule has 4 aliphatic rings. The average molecular weight is 465 g/mol. The monoisotopic (exact) mass is 464 g/mol. The van der Waals surface area contributed by atoms with Gasteiger partial charge in [0.1, 0.15) is 0 Å². The number of carbonyl (C=O) groups is 1. The predicted octanol–water partition coefficient (Wildman–Crippen LogP) is 5.74. The lowest BCUT2D eigenvalue weighted by atomic mass is 9.75. The molecular formula is C32H36N2O. The first kappa shape index (κ1) is 22.5. The number of nitrogens with zero attached hydrogens (tertiary/aromatic N) is 2. The molecule has 0 unspecified atom stereocenters. The molecule has 0 saturated carbocycles. The van der Waals surface area contributed by atoms with E-state index in [1.54, 1.807) is 11.1 Å². The van der Waals surface area contributed by atoms with E-state index in [-0.39, 0.29) is 11.3 Å². The van der Waals surface area contributed by atoms with Crippen molar-refractivity contribution >= 4 is 5.91 Å². The Labute approximate surface area is 209 Å². The highest BCUT2D eigenvalue weighted by molar-refractivity contribution is 5.94. The third kappa shape index (κ3) is 4.54. The first-order chi connectivity index (χ1) is 17.2. The SMILES string of the molecule is O=C(c1ccccc1)N1CC[C@@](CCN2C[C@@H]3CC[C@H]2Cc2ccccc2C3)(c2ccccc2)C1. The van der Waals surface area contributed by atoms with Crippen LogP contribution in [0, 0.1) is 5.92 Å². The lowest BCUT2D eigenvalue weighted by Gasteiger charge is -2.44. The van der Waals surface area contributed by atoms with Crippen LogP contribution in [0.4, 0.5) is 0 Å². The highest BCUT2D eigenvalue weighted by atomic mass is 16.2. The van der Waals surface area contributed by atoms with E-state index in [0.29, 0.717) is 6.04 Å². The number of piperidine rings is 1. The second-order valence-electron chi connectivity index (χ2n) is 11.0. The summed E-state index contributed by atoms with van der Waals surface area (Å²) in [6, 6.07) is 30.5. The minimum Gasteiger partial charge on any atom is -0.338 e. The van der Waals surface area contributed by atoms with E-state index in [4.69, 9.17) is 0 Å². The van der Waals surface area contributed by atoms with Crippen LogP contribution in [0.5, 0.6) is 0 Å². The van der Waals surface area contributed by atoms with Gasteiger partial charge < -0.3 is 4.90 Å². The third-order valence-electron chi connectivity index (χ3n) is 8.93. The van der Waals surface area contributed by atoms with Gasteiger partial charge in [-0.15, -0.1) is 0 Å². The Bertz CT molecular complexity index is 1160. The van der Waals surface area contributed by atoms with Crippen molar-refractivity contribution in [3.05, 3.63) is 107 Å². The second-order valence-corrected chi connectivity index (χ2v) is 11.0. The topological polar surface area (TPSA) is 23.6 Å². The molecule has 1 aliphatic carbocycles. The Morgan fingerprint density at radius 1 is 0.829 bits per heavy atom. The summed E-state index contributed by atoms with van der Waals surface area (Å²) in [6.07, 6.45) is 7.23. The van der Waals surface area contributed by atoms with Crippen molar-refractivity contribution < 1.29 is 4.79 Å². The molecule has 0 radical (unpaired) electrons. The summed E-state index contributed by atoms with van der Waals surface area (Å²) < 4.78 is 0. The highest BCUT2D eigenvalue weighted by Gasteiger charge is 2.42. The van der Waals surface area contributed by atoms with E-state index in [1.165, 1.54) is 37.8 Å². The van der Waals surface area contributed by atoms with Crippen molar-refractivity contribution in [2.75, 3.05) is 26.2 Å². The Hall–Kier alpha value is -2.91. The summed E-state index contributed by atoms with van der Waals surface area (Å²) in [5, 5.41) is 0. The first-order valence-electron chi connectivity index (χ1n) is 13.4. The van der Waals surface area contributed by atoms with Crippen LogP contribution in [-0.2, 0) is 18.3 Å². The van der Waals surface area contributed by atoms with Crippen LogP contribution >= 0.6 is 0 Å². The smallest absolute Gasteiger partial charge is 0.253 e. The number of fused-ring (bicyclic) bond motifs is 2. The molecule has 3 aromatic rings. The van der Waals surface area contributed by atoms with Gasteiger partial charge in [-0.05, 0) is 79.8 Å². The van der Waals surface area contributed by atoms with Crippen molar-refractivity contribution in [2.45, 2.75) is 50.0 Å². The van der Waals surface area contributed by atoms with Gasteiger partial charge in [0.15, 0.2) is 0 Å². The van der Waals surface area contributed by atoms with Gasteiger partial charge in [0.05, 0.1) is 0 Å². The van der Waals surface area contributed by atoms with E-state index in [1.807, 2.05) is 30.3 Å². The summed E-state index contributed by atoms with van der Waals surface area (Å²) in [5.41, 5.74) is 5.37. The van der Waals surface area contributed by atoms with Gasteiger partial charge >= 0.3 is 0 Å². The molecule has 180 valence electrons. The Morgan fingerprint density at radius 3 is 2.29 bits per heavy atom. The number of amides is 1. The van der Waals surface area contributed by atoms with E-state index in [9.17, 15) is 4.79 Å². The zero-order chi connectivity index (χ0) is 23.7. The minimum atomic E-state index is 0.0330. The molecule has 3 aliphatic heterocycles. The molecule has 3 heteroatoms. The van der Waals surface area contributed by atoms with Gasteiger partial charge in [-0.2, -0.15) is 0 Å². The van der Waals surface area contributed by atoms with Gasteiger partial charge in [-0.1, -0.05) is 72.8 Å². The van der Waals surface area contributed by atoms with Crippen LogP contribution in [0.2, 0.25) is 0 Å². The molecule has 2 bridgehead atoms. The first-order valence-corrected chi connectivity index (χ1v) is 13.4. The number of rotatable bonds is 5. The maximum Gasteiger partial charge on any atom is 0.253 e. The summed E-state index contributed by atoms with van der Waals surface area (Å²) in [7, 11) is 0. The Kier molecular flexibility index (Phi) is 6.20. The molecule has 0 spiro atoms. The zero-order valence-corrected chi connectivity index (χ0v) is 20.6. The standard InChI is InChI=1S/C32H36N2O/c35-31(26-9-3-1-4-10-26)34-20-18-32(24-34,29-13-5-2-6-14-29)17-19-33-23-25-15-16-30(33)22-28-12-8-7-11-27(28)21-25/h1-14,25,30H,15-24H2/t25-,30+,32-/m1/s1. The lowest BCUT2D eigenvalue weighted by Crippen LogP contribution is -2.48. The largest absolute Gasteiger partial charge is 0.338 e. The van der Waals surface area contributed by atoms with Gasteiger partial charge in [0.2, 0.25) is 0 Å². The molecule has 35 heavy (non-hydrogen) atoms. The van der Waals surface area contributed by atoms with Crippen LogP contribution in [0.15, 0.2) is 84.9 Å². The Balaban J connectivity index is 1.22. The maximum absolute atomic E-state index is 13.3.